The second-order valence-electron chi connectivity index (χ2n) is 4.45. The van der Waals surface area contributed by atoms with Crippen LogP contribution in [-0.4, -0.2) is 37.6 Å². The lowest BCUT2D eigenvalue weighted by Crippen LogP contribution is -2.41. The molecule has 0 radical (unpaired) electrons. The lowest BCUT2D eigenvalue weighted by atomic mass is 10.0. The highest BCUT2D eigenvalue weighted by molar-refractivity contribution is 5.81. The van der Waals surface area contributed by atoms with Gasteiger partial charge in [0.25, 0.3) is 0 Å². The van der Waals surface area contributed by atoms with Crippen LogP contribution in [0.1, 0.15) is 23.2 Å². The van der Waals surface area contributed by atoms with Gasteiger partial charge in [0.2, 0.25) is 0 Å². The zero-order valence-corrected chi connectivity index (χ0v) is 10.0. The van der Waals surface area contributed by atoms with Gasteiger partial charge in [-0.25, -0.2) is 0 Å². The number of nitrogens with one attached hydrogen (secondary N) is 1. The first-order chi connectivity index (χ1) is 8.22. The summed E-state index contributed by atoms with van der Waals surface area (Å²) in [6.45, 7) is 2.07. The highest BCUT2D eigenvalue weighted by Gasteiger charge is 2.18. The summed E-state index contributed by atoms with van der Waals surface area (Å²) in [7, 11) is 2.04. The highest BCUT2D eigenvalue weighted by Crippen LogP contribution is 2.25. The maximum Gasteiger partial charge on any atom is 0.153 e. The average Bonchev–Trinajstić information content (AvgIpc) is 2.39. The SMILES string of the molecule is CN(c1ccc(O)c(C=O)c1)C1CCNCC1. The minimum absolute atomic E-state index is 0.0439. The molecule has 2 rings (SSSR count). The van der Waals surface area contributed by atoms with Gasteiger partial charge in [0.1, 0.15) is 5.75 Å². The lowest BCUT2D eigenvalue weighted by Gasteiger charge is -2.33. The number of aldehydes is 1. The van der Waals surface area contributed by atoms with Crippen LogP contribution in [0.5, 0.6) is 5.75 Å². The van der Waals surface area contributed by atoms with E-state index in [1.54, 1.807) is 12.1 Å². The first-order valence-corrected chi connectivity index (χ1v) is 5.94. The molecular weight excluding hydrogens is 216 g/mol. The average molecular weight is 234 g/mol. The molecule has 0 bridgehead atoms. The van der Waals surface area contributed by atoms with Gasteiger partial charge in [-0.05, 0) is 44.1 Å². The number of phenolic OH excluding ortho intramolecular Hbond substituents is 1. The van der Waals surface area contributed by atoms with E-state index in [1.807, 2.05) is 13.1 Å². The predicted molar refractivity (Wildman–Crippen MR) is 67.8 cm³/mol. The number of nitrogens with zero attached hydrogens (tertiary/aromatic N) is 1. The molecule has 1 aliphatic rings. The van der Waals surface area contributed by atoms with E-state index in [2.05, 4.69) is 10.2 Å². The van der Waals surface area contributed by atoms with Crippen molar-refractivity contribution in [2.45, 2.75) is 18.9 Å². The number of anilines is 1. The van der Waals surface area contributed by atoms with Crippen LogP contribution in [0.3, 0.4) is 0 Å². The van der Waals surface area contributed by atoms with Crippen molar-refractivity contribution in [1.82, 2.24) is 5.32 Å². The molecule has 1 fully saturated rings. The first kappa shape index (κ1) is 11.9. The maximum atomic E-state index is 10.8. The molecule has 17 heavy (non-hydrogen) atoms. The summed E-state index contributed by atoms with van der Waals surface area (Å²) in [6.07, 6.45) is 2.90. The van der Waals surface area contributed by atoms with E-state index in [1.165, 1.54) is 0 Å². The number of carbonyl (C=O) groups excluding carboxylic acids is 1. The summed E-state index contributed by atoms with van der Waals surface area (Å²) in [5, 5.41) is 12.8. The smallest absolute Gasteiger partial charge is 0.153 e. The molecule has 1 heterocycles. The Balaban J connectivity index is 2.17. The molecule has 4 nitrogen and oxygen atoms in total. The number of hydrogen-bond acceptors (Lipinski definition) is 4. The molecule has 0 unspecified atom stereocenters. The molecule has 0 aromatic heterocycles. The fraction of sp³-hybridized carbons (Fsp3) is 0.462. The van der Waals surface area contributed by atoms with Gasteiger partial charge in [0.05, 0.1) is 5.56 Å². The van der Waals surface area contributed by atoms with E-state index in [9.17, 15) is 9.90 Å². The molecule has 0 spiro atoms. The molecule has 0 atom stereocenters. The Morgan fingerprint density at radius 1 is 1.41 bits per heavy atom. The van der Waals surface area contributed by atoms with E-state index in [0.29, 0.717) is 17.9 Å². The minimum Gasteiger partial charge on any atom is -0.507 e. The van der Waals surface area contributed by atoms with Gasteiger partial charge in [-0.1, -0.05) is 0 Å². The Morgan fingerprint density at radius 3 is 2.76 bits per heavy atom. The van der Waals surface area contributed by atoms with Gasteiger partial charge >= 0.3 is 0 Å². The standard InChI is InChI=1S/C13H18N2O2/c1-15(11-4-6-14-7-5-11)12-2-3-13(17)10(8-12)9-16/h2-3,8-9,11,14,17H,4-7H2,1H3. The number of rotatable bonds is 3. The van der Waals surface area contributed by atoms with E-state index < -0.39 is 0 Å². The third kappa shape index (κ3) is 2.58. The molecule has 0 saturated carbocycles. The quantitative estimate of drug-likeness (QED) is 0.776. The van der Waals surface area contributed by atoms with Crippen LogP contribution < -0.4 is 10.2 Å². The number of carbonyl (C=O) groups is 1. The zero-order valence-electron chi connectivity index (χ0n) is 10.0. The Kier molecular flexibility index (Phi) is 3.64. The molecule has 1 aromatic rings. The van der Waals surface area contributed by atoms with Crippen LogP contribution in [0.25, 0.3) is 0 Å². The number of hydrogen-bond donors (Lipinski definition) is 2. The van der Waals surface area contributed by atoms with Gasteiger partial charge in [-0.2, -0.15) is 0 Å². The molecule has 92 valence electrons. The molecule has 4 heteroatoms. The second-order valence-corrected chi connectivity index (χ2v) is 4.45. The second kappa shape index (κ2) is 5.19. The molecule has 2 N–H and O–H groups in total. The van der Waals surface area contributed by atoms with Gasteiger partial charge in [0.15, 0.2) is 6.29 Å². The zero-order chi connectivity index (χ0) is 12.3. The third-order valence-corrected chi connectivity index (χ3v) is 3.40. The molecule has 1 aliphatic heterocycles. The van der Waals surface area contributed by atoms with Crippen molar-refractivity contribution < 1.29 is 9.90 Å². The van der Waals surface area contributed by atoms with Crippen molar-refractivity contribution in [2.75, 3.05) is 25.0 Å². The topological polar surface area (TPSA) is 52.6 Å². The summed E-state index contributed by atoms with van der Waals surface area (Å²) in [5.41, 5.74) is 1.33. The van der Waals surface area contributed by atoms with Crippen LogP contribution in [0.4, 0.5) is 5.69 Å². The van der Waals surface area contributed by atoms with E-state index in [4.69, 9.17) is 0 Å². The normalized spacial score (nSPS) is 16.8. The lowest BCUT2D eigenvalue weighted by molar-refractivity contribution is 0.112. The number of phenols is 1. The molecule has 1 saturated heterocycles. The summed E-state index contributed by atoms with van der Waals surface area (Å²) >= 11 is 0. The third-order valence-electron chi connectivity index (χ3n) is 3.40. The predicted octanol–water partition coefficient (Wildman–Crippen LogP) is 1.39. The van der Waals surface area contributed by atoms with Gasteiger partial charge in [-0.15, -0.1) is 0 Å². The fourth-order valence-electron chi connectivity index (χ4n) is 2.26. The van der Waals surface area contributed by atoms with Crippen molar-refractivity contribution in [3.8, 4) is 5.75 Å². The van der Waals surface area contributed by atoms with Crippen LogP contribution in [0.2, 0.25) is 0 Å². The van der Waals surface area contributed by atoms with Crippen molar-refractivity contribution in [2.24, 2.45) is 0 Å². The number of aromatic hydroxyl groups is 1. The van der Waals surface area contributed by atoms with Crippen LogP contribution >= 0.6 is 0 Å². The van der Waals surface area contributed by atoms with Gasteiger partial charge < -0.3 is 15.3 Å². The number of benzene rings is 1. The van der Waals surface area contributed by atoms with Crippen molar-refractivity contribution in [3.63, 3.8) is 0 Å². The summed E-state index contributed by atoms with van der Waals surface area (Å²) in [5.74, 6) is 0.0439. The van der Waals surface area contributed by atoms with Crippen LogP contribution in [-0.2, 0) is 0 Å². The molecule has 1 aromatic carbocycles. The van der Waals surface area contributed by atoms with Gasteiger partial charge in [0, 0.05) is 18.8 Å². The van der Waals surface area contributed by atoms with Crippen molar-refractivity contribution in [1.29, 1.82) is 0 Å². The van der Waals surface area contributed by atoms with Crippen molar-refractivity contribution >= 4 is 12.0 Å². The van der Waals surface area contributed by atoms with E-state index in [0.717, 1.165) is 31.6 Å². The monoisotopic (exact) mass is 234 g/mol. The Morgan fingerprint density at radius 2 is 2.12 bits per heavy atom. The summed E-state index contributed by atoms with van der Waals surface area (Å²) in [6, 6.07) is 5.67. The maximum absolute atomic E-state index is 10.8. The molecule has 0 aliphatic carbocycles. The highest BCUT2D eigenvalue weighted by atomic mass is 16.3. The molecule has 0 amide bonds. The van der Waals surface area contributed by atoms with Gasteiger partial charge in [-0.3, -0.25) is 4.79 Å². The van der Waals surface area contributed by atoms with E-state index >= 15 is 0 Å². The van der Waals surface area contributed by atoms with Crippen LogP contribution in [0, 0.1) is 0 Å². The first-order valence-electron chi connectivity index (χ1n) is 5.94. The Bertz CT molecular complexity index is 400. The van der Waals surface area contributed by atoms with E-state index in [-0.39, 0.29) is 5.75 Å². The Labute approximate surface area is 101 Å². The summed E-state index contributed by atoms with van der Waals surface area (Å²) < 4.78 is 0. The van der Waals surface area contributed by atoms with Crippen molar-refractivity contribution in [3.05, 3.63) is 23.8 Å². The Hall–Kier alpha value is -1.55. The van der Waals surface area contributed by atoms with Crippen LogP contribution in [0.15, 0.2) is 18.2 Å². The molecular formula is C13H18N2O2. The fourth-order valence-corrected chi connectivity index (χ4v) is 2.26. The number of piperidine rings is 1. The minimum atomic E-state index is 0.0439. The largest absolute Gasteiger partial charge is 0.507 e. The summed E-state index contributed by atoms with van der Waals surface area (Å²) in [4.78, 5) is 13.0.